The molecule has 2 aromatic heterocycles. The zero-order valence-electron chi connectivity index (χ0n) is 9.50. The third-order valence-corrected chi connectivity index (χ3v) is 2.97. The van der Waals surface area contributed by atoms with Gasteiger partial charge in [0.05, 0.1) is 17.0 Å². The molecule has 0 amide bonds. The fourth-order valence-electron chi connectivity index (χ4n) is 1.82. The lowest BCUT2D eigenvalue weighted by atomic mass is 10.1. The molecule has 94 valence electrons. The third kappa shape index (κ3) is 2.04. The van der Waals surface area contributed by atoms with Crippen molar-refractivity contribution in [1.29, 1.82) is 0 Å². The van der Waals surface area contributed by atoms with Gasteiger partial charge in [0.2, 0.25) is 0 Å². The number of benzene rings is 1. The molecule has 0 fully saturated rings. The first-order valence-electron chi connectivity index (χ1n) is 5.37. The van der Waals surface area contributed by atoms with Gasteiger partial charge in [-0.2, -0.15) is 0 Å². The van der Waals surface area contributed by atoms with Gasteiger partial charge >= 0.3 is 5.97 Å². The number of carboxylic acids is 1. The molecule has 0 bridgehead atoms. The minimum absolute atomic E-state index is 0.0617. The lowest BCUT2D eigenvalue weighted by Gasteiger charge is -2.03. The Morgan fingerprint density at radius 2 is 2.11 bits per heavy atom. The number of aromatic carboxylic acids is 1. The van der Waals surface area contributed by atoms with Crippen LogP contribution in [0.2, 0.25) is 5.02 Å². The van der Waals surface area contributed by atoms with Gasteiger partial charge in [-0.1, -0.05) is 11.6 Å². The SMILES string of the molecule is O=C(O)c1cc(-c2cc(Cl)c3occc3c2)ncn1. The van der Waals surface area contributed by atoms with E-state index < -0.39 is 5.97 Å². The molecule has 0 atom stereocenters. The molecule has 0 unspecified atom stereocenters. The molecule has 19 heavy (non-hydrogen) atoms. The summed E-state index contributed by atoms with van der Waals surface area (Å²) in [5.41, 5.74) is 1.74. The molecule has 1 N–H and O–H groups in total. The van der Waals surface area contributed by atoms with Crippen molar-refractivity contribution < 1.29 is 14.3 Å². The highest BCUT2D eigenvalue weighted by atomic mass is 35.5. The fraction of sp³-hybridized carbons (Fsp3) is 0. The van der Waals surface area contributed by atoms with Gasteiger partial charge in [-0.15, -0.1) is 0 Å². The number of hydrogen-bond acceptors (Lipinski definition) is 4. The molecule has 0 radical (unpaired) electrons. The van der Waals surface area contributed by atoms with Gasteiger partial charge in [0.25, 0.3) is 0 Å². The Kier molecular flexibility index (Phi) is 2.68. The first kappa shape index (κ1) is 11.7. The second-order valence-corrected chi connectivity index (χ2v) is 4.30. The average molecular weight is 275 g/mol. The number of fused-ring (bicyclic) bond motifs is 1. The van der Waals surface area contributed by atoms with Crippen LogP contribution >= 0.6 is 11.6 Å². The highest BCUT2D eigenvalue weighted by Gasteiger charge is 2.11. The molecular weight excluding hydrogens is 268 g/mol. The molecule has 0 aliphatic heterocycles. The van der Waals surface area contributed by atoms with Crippen LogP contribution in [0.5, 0.6) is 0 Å². The van der Waals surface area contributed by atoms with E-state index in [0.717, 1.165) is 5.39 Å². The number of carboxylic acid groups (broad SMARTS) is 1. The Bertz CT molecular complexity index is 782. The van der Waals surface area contributed by atoms with Crippen LogP contribution in [-0.4, -0.2) is 21.0 Å². The smallest absolute Gasteiger partial charge is 0.354 e. The van der Waals surface area contributed by atoms with Crippen LogP contribution in [0.3, 0.4) is 0 Å². The number of furan rings is 1. The second kappa shape index (κ2) is 4.37. The number of halogens is 1. The molecule has 0 saturated heterocycles. The molecule has 2 heterocycles. The summed E-state index contributed by atoms with van der Waals surface area (Å²) in [6.45, 7) is 0. The van der Waals surface area contributed by atoms with Crippen LogP contribution in [-0.2, 0) is 0 Å². The summed E-state index contributed by atoms with van der Waals surface area (Å²) in [6, 6.07) is 6.70. The summed E-state index contributed by atoms with van der Waals surface area (Å²) in [7, 11) is 0. The molecule has 1 aromatic carbocycles. The van der Waals surface area contributed by atoms with E-state index >= 15 is 0 Å². The summed E-state index contributed by atoms with van der Waals surface area (Å²) in [5.74, 6) is -1.10. The lowest BCUT2D eigenvalue weighted by molar-refractivity contribution is 0.0690. The normalized spacial score (nSPS) is 10.8. The van der Waals surface area contributed by atoms with E-state index in [4.69, 9.17) is 21.1 Å². The Balaban J connectivity index is 2.18. The van der Waals surface area contributed by atoms with E-state index in [1.807, 2.05) is 6.07 Å². The molecule has 0 spiro atoms. The van der Waals surface area contributed by atoms with Crippen molar-refractivity contribution in [3.8, 4) is 11.3 Å². The zero-order chi connectivity index (χ0) is 13.4. The number of carbonyl (C=O) groups is 1. The average Bonchev–Trinajstić information content (AvgIpc) is 2.87. The zero-order valence-corrected chi connectivity index (χ0v) is 10.3. The minimum Gasteiger partial charge on any atom is -0.477 e. The van der Waals surface area contributed by atoms with E-state index in [1.54, 1.807) is 18.4 Å². The standard InChI is InChI=1S/C13H7ClN2O3/c14-9-4-8(3-7-1-2-19-12(7)9)10-5-11(13(17)18)16-6-15-10/h1-6H,(H,17,18). The number of aromatic nitrogens is 2. The highest BCUT2D eigenvalue weighted by molar-refractivity contribution is 6.35. The Hall–Kier alpha value is -2.40. The van der Waals surface area contributed by atoms with Gasteiger partial charge in [-0.05, 0) is 24.3 Å². The second-order valence-electron chi connectivity index (χ2n) is 3.89. The third-order valence-electron chi connectivity index (χ3n) is 2.69. The van der Waals surface area contributed by atoms with E-state index in [9.17, 15) is 4.79 Å². The molecule has 0 aliphatic carbocycles. The van der Waals surface area contributed by atoms with Crippen LogP contribution in [0.4, 0.5) is 0 Å². The van der Waals surface area contributed by atoms with Crippen molar-refractivity contribution in [2.45, 2.75) is 0 Å². The van der Waals surface area contributed by atoms with E-state index in [-0.39, 0.29) is 5.69 Å². The number of rotatable bonds is 2. The van der Waals surface area contributed by atoms with Crippen LogP contribution in [0, 0.1) is 0 Å². The van der Waals surface area contributed by atoms with E-state index in [0.29, 0.717) is 21.9 Å². The van der Waals surface area contributed by atoms with Crippen LogP contribution in [0.15, 0.2) is 41.3 Å². The van der Waals surface area contributed by atoms with Crippen molar-refractivity contribution in [2.75, 3.05) is 0 Å². The summed E-state index contributed by atoms with van der Waals surface area (Å²) < 4.78 is 5.24. The van der Waals surface area contributed by atoms with Gasteiger partial charge in [0, 0.05) is 10.9 Å². The van der Waals surface area contributed by atoms with Gasteiger partial charge in [0.15, 0.2) is 11.3 Å². The van der Waals surface area contributed by atoms with Crippen molar-refractivity contribution in [1.82, 2.24) is 9.97 Å². The quantitative estimate of drug-likeness (QED) is 0.776. The topological polar surface area (TPSA) is 76.2 Å². The van der Waals surface area contributed by atoms with Crippen molar-refractivity contribution in [3.05, 3.63) is 47.6 Å². The summed E-state index contributed by atoms with van der Waals surface area (Å²) >= 11 is 6.10. The maximum Gasteiger partial charge on any atom is 0.354 e. The van der Waals surface area contributed by atoms with Crippen molar-refractivity contribution in [2.24, 2.45) is 0 Å². The molecule has 0 saturated carbocycles. The molecule has 5 nitrogen and oxygen atoms in total. The van der Waals surface area contributed by atoms with Crippen LogP contribution < -0.4 is 0 Å². The van der Waals surface area contributed by atoms with Gasteiger partial charge in [-0.25, -0.2) is 14.8 Å². The van der Waals surface area contributed by atoms with E-state index in [1.165, 1.54) is 12.4 Å². The van der Waals surface area contributed by atoms with Gasteiger partial charge in [0.1, 0.15) is 6.33 Å². The minimum atomic E-state index is -1.10. The summed E-state index contributed by atoms with van der Waals surface area (Å²) in [5, 5.41) is 10.2. The molecule has 0 aliphatic rings. The molecular formula is C13H7ClN2O3. The first-order chi connectivity index (χ1) is 9.15. The Morgan fingerprint density at radius 1 is 1.26 bits per heavy atom. The van der Waals surface area contributed by atoms with Gasteiger partial charge in [-0.3, -0.25) is 0 Å². The maximum absolute atomic E-state index is 10.9. The highest BCUT2D eigenvalue weighted by Crippen LogP contribution is 2.30. The first-order valence-corrected chi connectivity index (χ1v) is 5.75. The van der Waals surface area contributed by atoms with Gasteiger partial charge < -0.3 is 9.52 Å². The fourth-order valence-corrected chi connectivity index (χ4v) is 2.09. The number of hydrogen-bond donors (Lipinski definition) is 1. The molecule has 3 rings (SSSR count). The largest absolute Gasteiger partial charge is 0.477 e. The van der Waals surface area contributed by atoms with Crippen LogP contribution in [0.25, 0.3) is 22.2 Å². The summed E-state index contributed by atoms with van der Waals surface area (Å²) in [6.07, 6.45) is 2.76. The molecule has 3 aromatic rings. The Morgan fingerprint density at radius 3 is 2.89 bits per heavy atom. The predicted octanol–water partition coefficient (Wildman–Crippen LogP) is 3.24. The monoisotopic (exact) mass is 274 g/mol. The predicted molar refractivity (Wildman–Crippen MR) is 69.2 cm³/mol. The molecule has 6 heteroatoms. The number of nitrogens with zero attached hydrogens (tertiary/aromatic N) is 2. The van der Waals surface area contributed by atoms with Crippen molar-refractivity contribution in [3.63, 3.8) is 0 Å². The van der Waals surface area contributed by atoms with E-state index in [2.05, 4.69) is 9.97 Å². The Labute approximate surface area is 112 Å². The maximum atomic E-state index is 10.9. The van der Waals surface area contributed by atoms with Crippen molar-refractivity contribution >= 4 is 28.5 Å². The summed E-state index contributed by atoms with van der Waals surface area (Å²) in [4.78, 5) is 18.6. The van der Waals surface area contributed by atoms with Crippen LogP contribution in [0.1, 0.15) is 10.5 Å². The lowest BCUT2D eigenvalue weighted by Crippen LogP contribution is -2.01.